The maximum atomic E-state index is 13.7. The van der Waals surface area contributed by atoms with Crippen LogP contribution in [0.15, 0.2) is 54.6 Å². The molecule has 1 unspecified atom stereocenters. The number of aliphatic hydroxyl groups excluding tert-OH is 1. The quantitative estimate of drug-likeness (QED) is 0.231. The fraction of sp³-hybridized carbons (Fsp3) is 0.483. The van der Waals surface area contributed by atoms with E-state index in [1.165, 1.54) is 29.2 Å². The molecule has 6 N–H and O–H groups in total. The van der Waals surface area contributed by atoms with Crippen molar-refractivity contribution in [3.8, 4) is 0 Å². The Morgan fingerprint density at radius 3 is 2.37 bits per heavy atom. The first-order valence-electron chi connectivity index (χ1n) is 14.3. The number of hydrogen-bond acceptors (Lipinski definition) is 8. The summed E-state index contributed by atoms with van der Waals surface area (Å²) < 4.78 is 41.9. The molecule has 2 heterocycles. The van der Waals surface area contributed by atoms with E-state index in [1.807, 2.05) is 0 Å². The fourth-order valence-corrected chi connectivity index (χ4v) is 7.27. The highest BCUT2D eigenvalue weighted by Gasteiger charge is 2.54. The van der Waals surface area contributed by atoms with Gasteiger partial charge in [0, 0.05) is 25.7 Å². The Labute approximate surface area is 251 Å². The number of hydrogen-bond donors (Lipinski definition) is 4. The number of carbonyl (C=O) groups is 3. The van der Waals surface area contributed by atoms with E-state index in [9.17, 15) is 32.3 Å². The Balaban J connectivity index is 1.58. The molecule has 4 rings (SSSR count). The van der Waals surface area contributed by atoms with Gasteiger partial charge in [-0.25, -0.2) is 9.82 Å². The number of hydrazine groups is 1. The zero-order chi connectivity index (χ0) is 31.3. The second kappa shape index (κ2) is 13.9. The summed E-state index contributed by atoms with van der Waals surface area (Å²) in [5.74, 6) is -5.04. The van der Waals surface area contributed by atoms with Crippen LogP contribution in [0.25, 0.3) is 0 Å². The average molecular weight is 619 g/mol. The van der Waals surface area contributed by atoms with Gasteiger partial charge in [-0.1, -0.05) is 42.5 Å². The third-order valence-electron chi connectivity index (χ3n) is 7.75. The largest absolute Gasteiger partial charge is 0.392 e. The maximum Gasteiger partial charge on any atom is 0.325 e. The number of carbonyl (C=O) groups excluding carboxylic acids is 3. The van der Waals surface area contributed by atoms with Crippen LogP contribution in [-0.2, 0) is 37.6 Å². The van der Waals surface area contributed by atoms with Gasteiger partial charge in [-0.05, 0) is 62.4 Å². The van der Waals surface area contributed by atoms with E-state index in [1.54, 1.807) is 37.3 Å². The molecule has 2 fully saturated rings. The standard InChI is InChI=1S/C29H39FN6O6S/c1-19(32)16-35-24(15-20-7-3-2-4-8-20)28(39)36(43(35,41)42)33-27(38)23-18-34(17-21-10-12-22(30)13-11-21)29(40)26(23)25(37)9-5-6-14-31/h2-4,7-8,10-13,19,23-26,37H,5-6,9,14-18,31-32H2,1H3,(H,33,38)/t19-,23+,24+,25?,26-/m1/s1. The molecule has 43 heavy (non-hydrogen) atoms. The lowest BCUT2D eigenvalue weighted by atomic mass is 9.87. The SMILES string of the molecule is C[C@@H](N)CN1[C@@H](Cc2ccccc2)C(=O)N(NC(=O)[C@H]2CN(Cc3ccc(F)cc3)C(=O)[C@H]2C(O)CCCCN)S1(=O)=O. The van der Waals surface area contributed by atoms with E-state index >= 15 is 0 Å². The number of nitrogens with two attached hydrogens (primary N) is 2. The van der Waals surface area contributed by atoms with Crippen LogP contribution >= 0.6 is 0 Å². The molecule has 12 nitrogen and oxygen atoms in total. The molecule has 5 atom stereocenters. The Hall–Kier alpha value is -3.43. The molecule has 0 aliphatic carbocycles. The molecule has 0 bridgehead atoms. The molecule has 0 saturated carbocycles. The first-order valence-corrected chi connectivity index (χ1v) is 15.7. The predicted octanol–water partition coefficient (Wildman–Crippen LogP) is 0.269. The van der Waals surface area contributed by atoms with Crippen LogP contribution in [0, 0.1) is 17.7 Å². The highest BCUT2D eigenvalue weighted by Crippen LogP contribution is 2.33. The predicted molar refractivity (Wildman–Crippen MR) is 156 cm³/mol. The van der Waals surface area contributed by atoms with Crippen LogP contribution in [0.1, 0.15) is 37.3 Å². The van der Waals surface area contributed by atoms with Crippen LogP contribution in [0.5, 0.6) is 0 Å². The van der Waals surface area contributed by atoms with Gasteiger partial charge >= 0.3 is 10.2 Å². The lowest BCUT2D eigenvalue weighted by Gasteiger charge is -2.24. The summed E-state index contributed by atoms with van der Waals surface area (Å²) in [5, 5.41) is 11.0. The molecule has 3 amide bonds. The third kappa shape index (κ3) is 7.39. The molecule has 2 aliphatic rings. The van der Waals surface area contributed by atoms with Gasteiger partial charge in [0.15, 0.2) is 0 Å². The molecule has 2 saturated heterocycles. The van der Waals surface area contributed by atoms with Gasteiger partial charge in [-0.2, -0.15) is 12.7 Å². The monoisotopic (exact) mass is 618 g/mol. The summed E-state index contributed by atoms with van der Waals surface area (Å²) >= 11 is 0. The maximum absolute atomic E-state index is 13.7. The normalized spacial score (nSPS) is 23.5. The van der Waals surface area contributed by atoms with Crippen LogP contribution in [0.2, 0.25) is 0 Å². The number of aliphatic hydroxyl groups is 1. The molecule has 234 valence electrons. The van der Waals surface area contributed by atoms with Gasteiger partial charge in [0.25, 0.3) is 5.91 Å². The zero-order valence-electron chi connectivity index (χ0n) is 24.0. The average Bonchev–Trinajstić information content (AvgIpc) is 3.37. The van der Waals surface area contributed by atoms with Crippen molar-refractivity contribution in [2.75, 3.05) is 19.6 Å². The minimum Gasteiger partial charge on any atom is -0.392 e. The van der Waals surface area contributed by atoms with Gasteiger partial charge in [-0.3, -0.25) is 14.4 Å². The number of rotatable bonds is 13. The summed E-state index contributed by atoms with van der Waals surface area (Å²) in [6, 6.07) is 12.7. The summed E-state index contributed by atoms with van der Waals surface area (Å²) in [7, 11) is -4.51. The highest BCUT2D eigenvalue weighted by atomic mass is 32.2. The fourth-order valence-electron chi connectivity index (χ4n) is 5.60. The molecule has 2 aliphatic heterocycles. The van der Waals surface area contributed by atoms with Crippen molar-refractivity contribution < 1.29 is 32.3 Å². The topological polar surface area (TPSA) is 179 Å². The lowest BCUT2D eigenvalue weighted by molar-refractivity contribution is -0.141. The Bertz CT molecular complexity index is 1390. The molecule has 0 radical (unpaired) electrons. The third-order valence-corrected chi connectivity index (χ3v) is 9.48. The second-order valence-electron chi connectivity index (χ2n) is 11.2. The van der Waals surface area contributed by atoms with E-state index in [-0.39, 0.29) is 32.5 Å². The van der Waals surface area contributed by atoms with Crippen LogP contribution in [0.4, 0.5) is 4.39 Å². The molecular weight excluding hydrogens is 579 g/mol. The van der Waals surface area contributed by atoms with Crippen molar-refractivity contribution in [1.29, 1.82) is 0 Å². The highest BCUT2D eigenvalue weighted by molar-refractivity contribution is 7.87. The van der Waals surface area contributed by atoms with Gasteiger partial charge in [0.2, 0.25) is 11.8 Å². The zero-order valence-corrected chi connectivity index (χ0v) is 24.8. The first-order chi connectivity index (χ1) is 20.4. The van der Waals surface area contributed by atoms with E-state index in [0.717, 1.165) is 9.87 Å². The number of likely N-dealkylation sites (tertiary alicyclic amines) is 1. The van der Waals surface area contributed by atoms with Crippen molar-refractivity contribution in [2.24, 2.45) is 23.3 Å². The van der Waals surface area contributed by atoms with Crippen molar-refractivity contribution in [2.45, 2.75) is 57.3 Å². The minimum absolute atomic E-state index is 0.0528. The molecule has 2 aromatic carbocycles. The van der Waals surface area contributed by atoms with Crippen molar-refractivity contribution in [3.63, 3.8) is 0 Å². The molecule has 14 heteroatoms. The second-order valence-corrected chi connectivity index (χ2v) is 12.9. The van der Waals surface area contributed by atoms with Crippen LogP contribution < -0.4 is 16.9 Å². The van der Waals surface area contributed by atoms with Crippen molar-refractivity contribution in [1.82, 2.24) is 19.0 Å². The number of amides is 3. The Morgan fingerprint density at radius 1 is 1.07 bits per heavy atom. The van der Waals surface area contributed by atoms with E-state index in [2.05, 4.69) is 5.43 Å². The van der Waals surface area contributed by atoms with Gasteiger partial charge in [0.1, 0.15) is 11.9 Å². The molecule has 0 spiro atoms. The van der Waals surface area contributed by atoms with Crippen molar-refractivity contribution >= 4 is 27.9 Å². The van der Waals surface area contributed by atoms with Gasteiger partial charge in [0.05, 0.1) is 17.9 Å². The van der Waals surface area contributed by atoms with E-state index in [0.29, 0.717) is 29.4 Å². The summed E-state index contributed by atoms with van der Waals surface area (Å²) in [4.78, 5) is 42.1. The lowest BCUT2D eigenvalue weighted by Crippen LogP contribution is -2.51. The number of benzene rings is 2. The first kappa shape index (κ1) is 32.5. The number of nitrogens with one attached hydrogen (secondary N) is 1. The Kier molecular flexibility index (Phi) is 10.5. The number of unbranched alkanes of at least 4 members (excludes halogenated alkanes) is 1. The number of nitrogens with zero attached hydrogens (tertiary/aromatic N) is 3. The van der Waals surface area contributed by atoms with Crippen molar-refractivity contribution in [3.05, 3.63) is 71.5 Å². The summed E-state index contributed by atoms with van der Waals surface area (Å²) in [6.45, 7) is 1.75. The number of halogens is 1. The van der Waals surface area contributed by atoms with Gasteiger partial charge in [-0.15, -0.1) is 4.41 Å². The Morgan fingerprint density at radius 2 is 1.74 bits per heavy atom. The minimum atomic E-state index is -4.51. The van der Waals surface area contributed by atoms with Gasteiger partial charge < -0.3 is 21.5 Å². The van der Waals surface area contributed by atoms with E-state index < -0.39 is 63.8 Å². The van der Waals surface area contributed by atoms with Crippen LogP contribution in [-0.4, -0.2) is 82.7 Å². The smallest absolute Gasteiger partial charge is 0.325 e. The summed E-state index contributed by atoms with van der Waals surface area (Å²) in [5.41, 5.74) is 15.1. The van der Waals surface area contributed by atoms with E-state index in [4.69, 9.17) is 11.5 Å². The summed E-state index contributed by atoms with van der Waals surface area (Å²) in [6.07, 6.45) is 0.171. The molecular formula is C29H39FN6O6S. The van der Waals surface area contributed by atoms with Crippen LogP contribution in [0.3, 0.4) is 0 Å². The molecule has 0 aromatic heterocycles. The molecule has 2 aromatic rings.